The summed E-state index contributed by atoms with van der Waals surface area (Å²) in [6, 6.07) is 4.75. The van der Waals surface area contributed by atoms with E-state index in [1.165, 1.54) is 0 Å². The van der Waals surface area contributed by atoms with Crippen LogP contribution in [0.5, 0.6) is 0 Å². The second-order valence-corrected chi connectivity index (χ2v) is 8.04. The summed E-state index contributed by atoms with van der Waals surface area (Å²) in [7, 11) is 0. The number of Topliss-reactive ketones (excluding diaryl/α,β-unsaturated/α-hetero) is 1. The number of benzene rings is 1. The van der Waals surface area contributed by atoms with Gasteiger partial charge in [0.05, 0.1) is 10.0 Å². The van der Waals surface area contributed by atoms with E-state index in [0.29, 0.717) is 28.6 Å². The Bertz CT molecular complexity index is 790. The zero-order valence-electron chi connectivity index (χ0n) is 13.6. The molecule has 0 aromatic heterocycles. The topological polar surface area (TPSA) is 78.8 Å². The van der Waals surface area contributed by atoms with Gasteiger partial charge in [-0.25, -0.2) is 0 Å². The van der Waals surface area contributed by atoms with Crippen LogP contribution in [0.3, 0.4) is 0 Å². The number of carbonyl (C=O) groups is 2. The fourth-order valence-electron chi connectivity index (χ4n) is 4.27. The molecule has 2 bridgehead atoms. The van der Waals surface area contributed by atoms with Crippen molar-refractivity contribution in [1.82, 2.24) is 0 Å². The quantitative estimate of drug-likeness (QED) is 0.467. The molecule has 7 heteroatoms. The molecule has 1 aromatic carbocycles. The number of nitrogens with one attached hydrogen (secondary N) is 1. The van der Waals surface area contributed by atoms with Gasteiger partial charge >= 0.3 is 0 Å². The summed E-state index contributed by atoms with van der Waals surface area (Å²) >= 11 is 11.9. The molecule has 2 fully saturated rings. The van der Waals surface area contributed by atoms with Crippen LogP contribution >= 0.6 is 23.2 Å². The second-order valence-electron chi connectivity index (χ2n) is 7.22. The largest absolute Gasteiger partial charge is 0.411 e. The summed E-state index contributed by atoms with van der Waals surface area (Å²) in [5.74, 6) is -0.806. The Hall–Kier alpha value is -1.59. The van der Waals surface area contributed by atoms with Crippen LogP contribution in [-0.2, 0) is 9.59 Å². The summed E-state index contributed by atoms with van der Waals surface area (Å²) in [6.45, 7) is 5.64. The van der Waals surface area contributed by atoms with E-state index >= 15 is 0 Å². The zero-order valence-corrected chi connectivity index (χ0v) is 15.1. The number of amides is 1. The summed E-state index contributed by atoms with van der Waals surface area (Å²) in [4.78, 5) is 26.0. The van der Waals surface area contributed by atoms with Crippen LogP contribution in [0, 0.1) is 16.2 Å². The third-order valence-electron chi connectivity index (χ3n) is 6.24. The molecule has 0 saturated heterocycles. The summed E-state index contributed by atoms with van der Waals surface area (Å²) in [5, 5.41) is 16.0. The molecule has 3 rings (SSSR count). The average molecular weight is 369 g/mol. The van der Waals surface area contributed by atoms with E-state index in [0.717, 1.165) is 0 Å². The maximum Gasteiger partial charge on any atom is 0.239 e. The third kappa shape index (κ3) is 1.85. The van der Waals surface area contributed by atoms with Gasteiger partial charge < -0.3 is 10.5 Å². The van der Waals surface area contributed by atoms with E-state index in [2.05, 4.69) is 10.5 Å². The Balaban J connectivity index is 2.02. The van der Waals surface area contributed by atoms with Crippen LogP contribution in [0.1, 0.15) is 33.6 Å². The van der Waals surface area contributed by atoms with Crippen molar-refractivity contribution >= 4 is 46.3 Å². The Morgan fingerprint density at radius 3 is 2.42 bits per heavy atom. The summed E-state index contributed by atoms with van der Waals surface area (Å²) < 4.78 is 0. The zero-order chi connectivity index (χ0) is 17.9. The van der Waals surface area contributed by atoms with Gasteiger partial charge in [0.2, 0.25) is 5.91 Å². The van der Waals surface area contributed by atoms with Gasteiger partial charge in [0.1, 0.15) is 11.1 Å². The molecule has 24 heavy (non-hydrogen) atoms. The van der Waals surface area contributed by atoms with Crippen LogP contribution in [0.2, 0.25) is 10.0 Å². The number of nitrogens with zero attached hydrogens (tertiary/aromatic N) is 1. The number of fused-ring (bicyclic) bond motifs is 2. The second kappa shape index (κ2) is 5.20. The number of anilines is 1. The summed E-state index contributed by atoms with van der Waals surface area (Å²) in [6.07, 6.45) is 1.03. The number of carbonyl (C=O) groups excluding carboxylic acids is 2. The predicted octanol–water partition coefficient (Wildman–Crippen LogP) is 4.16. The smallest absolute Gasteiger partial charge is 0.239 e. The Kier molecular flexibility index (Phi) is 3.74. The first kappa shape index (κ1) is 17.2. The number of hydrogen-bond acceptors (Lipinski definition) is 4. The van der Waals surface area contributed by atoms with Crippen molar-refractivity contribution in [2.45, 2.75) is 33.6 Å². The highest BCUT2D eigenvalue weighted by molar-refractivity contribution is 6.51. The summed E-state index contributed by atoms with van der Waals surface area (Å²) in [5.41, 5.74) is -2.00. The van der Waals surface area contributed by atoms with E-state index in [4.69, 9.17) is 23.2 Å². The van der Waals surface area contributed by atoms with Crippen molar-refractivity contribution in [2.24, 2.45) is 21.4 Å². The van der Waals surface area contributed by atoms with Crippen LogP contribution in [-0.4, -0.2) is 22.6 Å². The molecule has 2 unspecified atom stereocenters. The fraction of sp³-hybridized carbons (Fsp3) is 0.471. The van der Waals surface area contributed by atoms with Gasteiger partial charge in [-0.05, 0) is 36.5 Å². The number of oxime groups is 1. The molecule has 2 aliphatic carbocycles. The van der Waals surface area contributed by atoms with Gasteiger partial charge in [0, 0.05) is 11.1 Å². The maximum absolute atomic E-state index is 13.1. The van der Waals surface area contributed by atoms with Gasteiger partial charge in [-0.1, -0.05) is 49.1 Å². The maximum atomic E-state index is 13.1. The van der Waals surface area contributed by atoms with Gasteiger partial charge in [0.25, 0.3) is 0 Å². The molecule has 0 aliphatic heterocycles. The van der Waals surface area contributed by atoms with Gasteiger partial charge in [0.15, 0.2) is 5.78 Å². The minimum Gasteiger partial charge on any atom is -0.411 e. The average Bonchev–Trinajstić information content (AvgIpc) is 2.79. The Morgan fingerprint density at radius 1 is 1.21 bits per heavy atom. The molecule has 2 atom stereocenters. The molecule has 1 aromatic rings. The molecular weight excluding hydrogens is 351 g/mol. The lowest BCUT2D eigenvalue weighted by Crippen LogP contribution is -2.47. The first-order chi connectivity index (χ1) is 11.1. The van der Waals surface area contributed by atoms with Gasteiger partial charge in [-0.2, -0.15) is 0 Å². The Morgan fingerprint density at radius 2 is 1.88 bits per heavy atom. The minimum absolute atomic E-state index is 0.0861. The van der Waals surface area contributed by atoms with Crippen molar-refractivity contribution < 1.29 is 14.8 Å². The Labute approximate surface area is 150 Å². The standard InChI is InChI=1S/C17H18Cl2N2O3/c1-15(2)16(3)6-7-17(15,13(22)12(16)21-24)14(23)20-9-4-5-10(18)11(19)8-9/h4-5,8,24H,6-7H2,1-3H3,(H,20,23). The van der Waals surface area contributed by atoms with Crippen LogP contribution in [0.4, 0.5) is 5.69 Å². The highest BCUT2D eigenvalue weighted by Crippen LogP contribution is 2.69. The van der Waals surface area contributed by atoms with Crippen LogP contribution < -0.4 is 5.32 Å². The number of halogens is 2. The monoisotopic (exact) mass is 368 g/mol. The van der Waals surface area contributed by atoms with E-state index in [9.17, 15) is 14.8 Å². The molecule has 5 nitrogen and oxygen atoms in total. The van der Waals surface area contributed by atoms with E-state index < -0.39 is 27.9 Å². The van der Waals surface area contributed by atoms with Crippen LogP contribution in [0.15, 0.2) is 23.4 Å². The van der Waals surface area contributed by atoms with E-state index in [1.807, 2.05) is 20.8 Å². The normalized spacial score (nSPS) is 32.4. The molecule has 0 heterocycles. The van der Waals surface area contributed by atoms with Gasteiger partial charge in [-0.3, -0.25) is 9.59 Å². The third-order valence-corrected chi connectivity index (χ3v) is 6.98. The number of rotatable bonds is 2. The van der Waals surface area contributed by atoms with Crippen LogP contribution in [0.25, 0.3) is 0 Å². The van der Waals surface area contributed by atoms with Crippen molar-refractivity contribution in [3.8, 4) is 0 Å². The predicted molar refractivity (Wildman–Crippen MR) is 92.9 cm³/mol. The lowest BCUT2D eigenvalue weighted by atomic mass is 9.64. The van der Waals surface area contributed by atoms with E-state index in [-0.39, 0.29) is 5.71 Å². The highest BCUT2D eigenvalue weighted by atomic mass is 35.5. The minimum atomic E-state index is -1.25. The molecule has 1 amide bonds. The SMILES string of the molecule is CC12CCC(C(=O)Nc3ccc(Cl)c(Cl)c3)(C(=O)C1=NO)C2(C)C. The van der Waals surface area contributed by atoms with E-state index in [1.54, 1.807) is 18.2 Å². The van der Waals surface area contributed by atoms with Crippen molar-refractivity contribution in [2.75, 3.05) is 5.32 Å². The van der Waals surface area contributed by atoms with Crippen molar-refractivity contribution in [1.29, 1.82) is 0 Å². The fourth-order valence-corrected chi connectivity index (χ4v) is 4.56. The molecule has 2 aliphatic rings. The molecule has 0 spiro atoms. The molecule has 2 saturated carbocycles. The van der Waals surface area contributed by atoms with Crippen molar-refractivity contribution in [3.63, 3.8) is 0 Å². The molecular formula is C17H18Cl2N2O3. The molecule has 0 radical (unpaired) electrons. The first-order valence-electron chi connectivity index (χ1n) is 7.65. The number of hydrogen-bond donors (Lipinski definition) is 2. The molecule has 128 valence electrons. The lowest BCUT2D eigenvalue weighted by Gasteiger charge is -2.37. The van der Waals surface area contributed by atoms with Gasteiger partial charge in [-0.15, -0.1) is 0 Å². The first-order valence-corrected chi connectivity index (χ1v) is 8.41. The lowest BCUT2D eigenvalue weighted by molar-refractivity contribution is -0.140. The van der Waals surface area contributed by atoms with Crippen molar-refractivity contribution in [3.05, 3.63) is 28.2 Å². The number of ketones is 1. The highest BCUT2D eigenvalue weighted by Gasteiger charge is 2.76. The molecule has 2 N–H and O–H groups in total.